The second-order valence-corrected chi connectivity index (χ2v) is 16.0. The maximum atomic E-state index is 14.1. The SMILES string of the molecule is CC(C)[C@@H]1[C@H](CO)ON(Cc2cccc(N3CCN(C(S)NCCc4ccccc4)CC3)c2)[C@@H]1C(=O)N[C@H]1C[C@H]2C[C@@H]([C@@H]1C)C2(C)C. The third-order valence-electron chi connectivity index (χ3n) is 12.1. The number of aliphatic hydroxyl groups is 1. The topological polar surface area (TPSA) is 80.3 Å². The highest BCUT2D eigenvalue weighted by molar-refractivity contribution is 7.80. The molecule has 8 atom stereocenters. The van der Waals surface area contributed by atoms with Gasteiger partial charge in [-0.25, -0.2) is 0 Å². The normalized spacial score (nSPS) is 31.5. The number of carbonyl (C=O) groups is 1. The second kappa shape index (κ2) is 14.8. The zero-order chi connectivity index (χ0) is 33.3. The van der Waals surface area contributed by atoms with Gasteiger partial charge in [0.05, 0.1) is 13.2 Å². The van der Waals surface area contributed by atoms with Crippen molar-refractivity contribution < 1.29 is 14.7 Å². The van der Waals surface area contributed by atoms with Gasteiger partial charge in [0.25, 0.3) is 0 Å². The van der Waals surface area contributed by atoms with Crippen molar-refractivity contribution in [3.05, 3.63) is 65.7 Å². The number of nitrogens with one attached hydrogen (secondary N) is 2. The van der Waals surface area contributed by atoms with Crippen molar-refractivity contribution in [3.8, 4) is 0 Å². The molecule has 3 aliphatic carbocycles. The minimum absolute atomic E-state index is 0.0323. The highest BCUT2D eigenvalue weighted by Crippen LogP contribution is 2.61. The molecular weight excluding hydrogens is 607 g/mol. The van der Waals surface area contributed by atoms with E-state index in [1.165, 1.54) is 17.7 Å². The van der Waals surface area contributed by atoms with Crippen molar-refractivity contribution in [1.82, 2.24) is 20.6 Å². The van der Waals surface area contributed by atoms with Gasteiger partial charge < -0.3 is 15.3 Å². The van der Waals surface area contributed by atoms with Crippen LogP contribution >= 0.6 is 12.6 Å². The zero-order valence-corrected chi connectivity index (χ0v) is 29.9. The number of rotatable bonds is 12. The molecule has 3 saturated carbocycles. The predicted molar refractivity (Wildman–Crippen MR) is 192 cm³/mol. The number of hydroxylamine groups is 2. The van der Waals surface area contributed by atoms with Gasteiger partial charge in [-0.3, -0.25) is 19.8 Å². The Balaban J connectivity index is 1.06. The highest BCUT2D eigenvalue weighted by atomic mass is 32.1. The molecule has 2 heterocycles. The predicted octanol–water partition coefficient (Wildman–Crippen LogP) is 4.79. The third-order valence-corrected chi connectivity index (χ3v) is 12.6. The standard InChI is InChI=1S/C38H57N5O3S/c1-25(2)34-33(24-44)46-43(35(34)36(45)40-32-22-29-21-31(26(32)3)38(29,4)5)23-28-12-9-13-30(20-28)41-16-18-42(19-17-41)37(47)39-15-14-27-10-7-6-8-11-27/h6-13,20,25-26,29,31-35,37,39,44,47H,14-19,21-24H2,1-5H3,(H,40,45)/t26-,29+,31-,32-,33-,34+,35-,37?/m0/s1. The average molecular weight is 664 g/mol. The Morgan fingerprint density at radius 3 is 2.43 bits per heavy atom. The number of carbonyl (C=O) groups excluding carboxylic acids is 1. The molecule has 0 spiro atoms. The Kier molecular flexibility index (Phi) is 10.9. The first-order valence-corrected chi connectivity index (χ1v) is 18.5. The van der Waals surface area contributed by atoms with Crippen molar-refractivity contribution in [2.45, 2.75) is 84.1 Å². The fraction of sp³-hybridized carbons (Fsp3) is 0.658. The van der Waals surface area contributed by atoms with E-state index in [2.05, 4.69) is 110 Å². The molecule has 2 saturated heterocycles. The number of fused-ring (bicyclic) bond motifs is 2. The first-order valence-electron chi connectivity index (χ1n) is 17.9. The van der Waals surface area contributed by atoms with Crippen LogP contribution in [0.1, 0.15) is 58.6 Å². The first-order chi connectivity index (χ1) is 22.6. The van der Waals surface area contributed by atoms with E-state index in [4.69, 9.17) is 17.5 Å². The van der Waals surface area contributed by atoms with Crippen molar-refractivity contribution >= 4 is 24.2 Å². The van der Waals surface area contributed by atoms with Crippen LogP contribution in [0.15, 0.2) is 54.6 Å². The quantitative estimate of drug-likeness (QED) is 0.192. The summed E-state index contributed by atoms with van der Waals surface area (Å²) in [4.78, 5) is 25.3. The van der Waals surface area contributed by atoms with Crippen molar-refractivity contribution in [1.29, 1.82) is 0 Å². The molecule has 2 aromatic rings. The van der Waals surface area contributed by atoms with E-state index in [9.17, 15) is 9.90 Å². The molecular formula is C38H57N5O3S. The van der Waals surface area contributed by atoms with Crippen LogP contribution in [0, 0.1) is 35.0 Å². The Bertz CT molecular complexity index is 1340. The molecule has 0 radical (unpaired) electrons. The molecule has 9 heteroatoms. The summed E-state index contributed by atoms with van der Waals surface area (Å²) in [5.41, 5.74) is 4.03. The molecule has 2 bridgehead atoms. The monoisotopic (exact) mass is 663 g/mol. The van der Waals surface area contributed by atoms with Crippen LogP contribution in [0.5, 0.6) is 0 Å². The number of benzene rings is 2. The number of piperazine rings is 1. The molecule has 7 rings (SSSR count). The smallest absolute Gasteiger partial charge is 0.240 e. The molecule has 1 amide bonds. The summed E-state index contributed by atoms with van der Waals surface area (Å²) in [5.74, 6) is 1.94. The first kappa shape index (κ1) is 34.7. The van der Waals surface area contributed by atoms with Crippen LogP contribution < -0.4 is 15.5 Å². The Morgan fingerprint density at radius 1 is 1.04 bits per heavy atom. The van der Waals surface area contributed by atoms with Gasteiger partial charge in [0.1, 0.15) is 17.6 Å². The lowest BCUT2D eigenvalue weighted by Crippen LogP contribution is -2.62. The van der Waals surface area contributed by atoms with E-state index < -0.39 is 12.1 Å². The zero-order valence-electron chi connectivity index (χ0n) is 29.0. The molecule has 2 aromatic carbocycles. The summed E-state index contributed by atoms with van der Waals surface area (Å²) in [5, 5.41) is 19.2. The fourth-order valence-electron chi connectivity index (χ4n) is 9.08. The molecule has 258 valence electrons. The lowest BCUT2D eigenvalue weighted by molar-refractivity contribution is -0.183. The van der Waals surface area contributed by atoms with Crippen LogP contribution in [0.2, 0.25) is 0 Å². The van der Waals surface area contributed by atoms with Crippen LogP contribution in [-0.2, 0) is 22.6 Å². The van der Waals surface area contributed by atoms with E-state index in [0.29, 0.717) is 29.7 Å². The fourth-order valence-corrected chi connectivity index (χ4v) is 9.44. The minimum Gasteiger partial charge on any atom is -0.394 e. The number of amides is 1. The van der Waals surface area contributed by atoms with E-state index in [0.717, 1.165) is 51.1 Å². The van der Waals surface area contributed by atoms with E-state index in [1.54, 1.807) is 0 Å². The Labute approximate surface area is 288 Å². The molecule has 0 aromatic heterocycles. The molecule has 2 aliphatic heterocycles. The van der Waals surface area contributed by atoms with Gasteiger partial charge in [-0.2, -0.15) is 5.06 Å². The average Bonchev–Trinajstić information content (AvgIpc) is 3.44. The molecule has 3 N–H and O–H groups in total. The molecule has 47 heavy (non-hydrogen) atoms. The maximum absolute atomic E-state index is 14.1. The molecule has 1 unspecified atom stereocenters. The highest BCUT2D eigenvalue weighted by Gasteiger charge is 2.57. The second-order valence-electron chi connectivity index (χ2n) is 15.5. The lowest BCUT2D eigenvalue weighted by atomic mass is 9.45. The summed E-state index contributed by atoms with van der Waals surface area (Å²) >= 11 is 4.87. The van der Waals surface area contributed by atoms with Gasteiger partial charge >= 0.3 is 0 Å². The number of aliphatic hydroxyl groups excluding tert-OH is 1. The van der Waals surface area contributed by atoms with E-state index >= 15 is 0 Å². The Hall–Kier alpha value is -2.14. The van der Waals surface area contributed by atoms with Gasteiger partial charge in [0, 0.05) is 50.4 Å². The largest absolute Gasteiger partial charge is 0.394 e. The van der Waals surface area contributed by atoms with Crippen molar-refractivity contribution in [2.75, 3.05) is 44.2 Å². The van der Waals surface area contributed by atoms with E-state index in [-0.39, 0.29) is 35.9 Å². The van der Waals surface area contributed by atoms with Gasteiger partial charge in [0.15, 0.2) is 0 Å². The molecule has 5 fully saturated rings. The van der Waals surface area contributed by atoms with Crippen LogP contribution in [0.4, 0.5) is 5.69 Å². The van der Waals surface area contributed by atoms with Gasteiger partial charge in [-0.15, -0.1) is 12.6 Å². The minimum atomic E-state index is -0.445. The van der Waals surface area contributed by atoms with Gasteiger partial charge in [-0.1, -0.05) is 77.1 Å². The number of nitrogens with zero attached hydrogens (tertiary/aromatic N) is 3. The molecule has 5 aliphatic rings. The van der Waals surface area contributed by atoms with Gasteiger partial charge in [0.2, 0.25) is 5.91 Å². The van der Waals surface area contributed by atoms with E-state index in [1.807, 2.05) is 5.06 Å². The number of hydrogen-bond donors (Lipinski definition) is 4. The van der Waals surface area contributed by atoms with Crippen LogP contribution in [0.3, 0.4) is 0 Å². The Morgan fingerprint density at radius 2 is 1.77 bits per heavy atom. The van der Waals surface area contributed by atoms with Crippen molar-refractivity contribution in [2.24, 2.45) is 35.0 Å². The summed E-state index contributed by atoms with van der Waals surface area (Å²) in [7, 11) is 0. The number of anilines is 1. The van der Waals surface area contributed by atoms with Gasteiger partial charge in [-0.05, 0) is 71.6 Å². The van der Waals surface area contributed by atoms with Crippen molar-refractivity contribution in [3.63, 3.8) is 0 Å². The maximum Gasteiger partial charge on any atom is 0.240 e. The third kappa shape index (κ3) is 7.41. The van der Waals surface area contributed by atoms with Crippen LogP contribution in [-0.4, -0.2) is 84.0 Å². The summed E-state index contributed by atoms with van der Waals surface area (Å²) in [6.07, 6.45) is 2.93. The summed E-state index contributed by atoms with van der Waals surface area (Å²) in [6.45, 7) is 16.4. The number of hydrogen-bond acceptors (Lipinski definition) is 8. The summed E-state index contributed by atoms with van der Waals surface area (Å²) < 4.78 is 0. The lowest BCUT2D eigenvalue weighted by Gasteiger charge is -2.62. The molecule has 8 nitrogen and oxygen atoms in total. The summed E-state index contributed by atoms with van der Waals surface area (Å²) in [6, 6.07) is 19.0. The number of thiol groups is 1. The van der Waals surface area contributed by atoms with Crippen LogP contribution in [0.25, 0.3) is 0 Å².